The van der Waals surface area contributed by atoms with Crippen LogP contribution in [0.1, 0.15) is 44.1 Å². The Balaban J connectivity index is 1.76. The van der Waals surface area contributed by atoms with E-state index in [4.69, 9.17) is 0 Å². The summed E-state index contributed by atoms with van der Waals surface area (Å²) in [6, 6.07) is 9.02. The van der Waals surface area contributed by atoms with E-state index < -0.39 is 12.0 Å². The molecule has 2 nitrogen and oxygen atoms in total. The number of hydrogen-bond donors (Lipinski definition) is 0. The van der Waals surface area contributed by atoms with Crippen LogP contribution in [0.2, 0.25) is 0 Å². The summed E-state index contributed by atoms with van der Waals surface area (Å²) >= 11 is 0. The normalized spacial score (nSPS) is 22.5. The molecule has 106 valence electrons. The van der Waals surface area contributed by atoms with Gasteiger partial charge in [-0.1, -0.05) is 25.0 Å². The van der Waals surface area contributed by atoms with Crippen LogP contribution in [0.5, 0.6) is 5.75 Å². The summed E-state index contributed by atoms with van der Waals surface area (Å²) in [4.78, 5) is 0. The van der Waals surface area contributed by atoms with E-state index in [1.807, 2.05) is 0 Å². The number of rotatable bonds is 3. The molecule has 4 heteroatoms. The number of nitriles is 1. The molecular formula is C16H17F2NO. The van der Waals surface area contributed by atoms with Gasteiger partial charge in [-0.2, -0.15) is 14.0 Å². The van der Waals surface area contributed by atoms with Crippen LogP contribution in [0.3, 0.4) is 0 Å². The molecule has 3 rings (SSSR count). The first-order chi connectivity index (χ1) is 9.57. The highest BCUT2D eigenvalue weighted by Gasteiger charge is 2.56. The standard InChI is InChI=1S/C16H17F2NO/c17-14(18)20-13-5-3-12(4-6-13)16(11-19)9-15(10-16)7-1-2-8-15/h3-6,14H,1-2,7-10H2. The maximum atomic E-state index is 12.1. The summed E-state index contributed by atoms with van der Waals surface area (Å²) in [5, 5.41) is 9.55. The number of benzene rings is 1. The summed E-state index contributed by atoms with van der Waals surface area (Å²) in [7, 11) is 0. The summed E-state index contributed by atoms with van der Waals surface area (Å²) in [6.07, 6.45) is 6.80. The van der Waals surface area contributed by atoms with E-state index in [-0.39, 0.29) is 5.75 Å². The van der Waals surface area contributed by atoms with E-state index in [1.165, 1.54) is 37.8 Å². The van der Waals surface area contributed by atoms with E-state index in [9.17, 15) is 14.0 Å². The maximum absolute atomic E-state index is 12.1. The first-order valence-corrected chi connectivity index (χ1v) is 7.04. The van der Waals surface area contributed by atoms with Crippen molar-refractivity contribution in [3.05, 3.63) is 29.8 Å². The predicted octanol–water partition coefficient (Wildman–Crippen LogP) is 4.40. The van der Waals surface area contributed by atoms with Crippen molar-refractivity contribution in [2.24, 2.45) is 5.41 Å². The quantitative estimate of drug-likeness (QED) is 0.820. The van der Waals surface area contributed by atoms with Gasteiger partial charge in [-0.25, -0.2) is 0 Å². The van der Waals surface area contributed by atoms with Crippen LogP contribution in [-0.4, -0.2) is 6.61 Å². The Morgan fingerprint density at radius 2 is 1.70 bits per heavy atom. The van der Waals surface area contributed by atoms with Crippen LogP contribution >= 0.6 is 0 Å². The Hall–Kier alpha value is -1.63. The molecule has 1 spiro atoms. The third-order valence-corrected chi connectivity index (χ3v) is 4.86. The molecule has 0 atom stereocenters. The maximum Gasteiger partial charge on any atom is 0.387 e. The van der Waals surface area contributed by atoms with Crippen LogP contribution < -0.4 is 4.74 Å². The fourth-order valence-electron chi connectivity index (χ4n) is 4.01. The Morgan fingerprint density at radius 3 is 2.20 bits per heavy atom. The SMILES string of the molecule is N#CC1(c2ccc(OC(F)F)cc2)CC2(CCCC2)C1. The van der Waals surface area contributed by atoms with Crippen molar-refractivity contribution in [2.45, 2.75) is 50.6 Å². The van der Waals surface area contributed by atoms with Gasteiger partial charge in [-0.15, -0.1) is 0 Å². The molecule has 2 fully saturated rings. The minimum absolute atomic E-state index is 0.145. The van der Waals surface area contributed by atoms with Gasteiger partial charge in [0.25, 0.3) is 0 Å². The van der Waals surface area contributed by atoms with E-state index in [1.54, 1.807) is 12.1 Å². The van der Waals surface area contributed by atoms with Crippen LogP contribution in [-0.2, 0) is 5.41 Å². The summed E-state index contributed by atoms with van der Waals surface area (Å²) < 4.78 is 28.6. The lowest BCUT2D eigenvalue weighted by atomic mass is 9.50. The average molecular weight is 277 g/mol. The minimum atomic E-state index is -2.81. The van der Waals surface area contributed by atoms with Crippen molar-refractivity contribution in [3.8, 4) is 11.8 Å². The van der Waals surface area contributed by atoms with Gasteiger partial charge in [-0.05, 0) is 48.8 Å². The van der Waals surface area contributed by atoms with Gasteiger partial charge >= 0.3 is 6.61 Å². The topological polar surface area (TPSA) is 33.0 Å². The zero-order chi connectivity index (χ0) is 14.2. The van der Waals surface area contributed by atoms with Crippen molar-refractivity contribution in [3.63, 3.8) is 0 Å². The molecule has 0 heterocycles. The molecule has 0 aliphatic heterocycles. The molecule has 0 amide bonds. The number of nitrogens with zero attached hydrogens (tertiary/aromatic N) is 1. The van der Waals surface area contributed by atoms with Crippen LogP contribution in [0.4, 0.5) is 8.78 Å². The minimum Gasteiger partial charge on any atom is -0.435 e. The predicted molar refractivity (Wildman–Crippen MR) is 70.5 cm³/mol. The lowest BCUT2D eigenvalue weighted by Gasteiger charge is -2.51. The van der Waals surface area contributed by atoms with Gasteiger partial charge in [0.2, 0.25) is 0 Å². The zero-order valence-corrected chi connectivity index (χ0v) is 11.2. The number of hydrogen-bond acceptors (Lipinski definition) is 2. The summed E-state index contributed by atoms with van der Waals surface area (Å²) in [5.74, 6) is 0.145. The third kappa shape index (κ3) is 2.15. The average Bonchev–Trinajstić information content (AvgIpc) is 2.86. The molecule has 2 saturated carbocycles. The van der Waals surface area contributed by atoms with E-state index in [0.29, 0.717) is 5.41 Å². The van der Waals surface area contributed by atoms with Crippen molar-refractivity contribution in [1.82, 2.24) is 0 Å². The molecule has 2 aliphatic rings. The molecule has 0 aromatic heterocycles. The van der Waals surface area contributed by atoms with Gasteiger partial charge in [0.1, 0.15) is 5.75 Å². The third-order valence-electron chi connectivity index (χ3n) is 4.86. The highest BCUT2D eigenvalue weighted by atomic mass is 19.3. The van der Waals surface area contributed by atoms with E-state index in [0.717, 1.165) is 18.4 Å². The number of ether oxygens (including phenoxy) is 1. The van der Waals surface area contributed by atoms with Gasteiger partial charge in [-0.3, -0.25) is 0 Å². The molecule has 20 heavy (non-hydrogen) atoms. The van der Waals surface area contributed by atoms with Gasteiger partial charge in [0.05, 0.1) is 11.5 Å². The molecule has 2 aliphatic carbocycles. The van der Waals surface area contributed by atoms with E-state index in [2.05, 4.69) is 10.8 Å². The Kier molecular flexibility index (Phi) is 3.16. The van der Waals surface area contributed by atoms with Crippen molar-refractivity contribution >= 4 is 0 Å². The van der Waals surface area contributed by atoms with E-state index >= 15 is 0 Å². The summed E-state index contributed by atoms with van der Waals surface area (Å²) in [6.45, 7) is -2.81. The molecule has 0 N–H and O–H groups in total. The van der Waals surface area contributed by atoms with Crippen LogP contribution in [0, 0.1) is 16.7 Å². The highest BCUT2D eigenvalue weighted by molar-refractivity contribution is 5.41. The molecule has 1 aromatic carbocycles. The second kappa shape index (κ2) is 4.73. The Bertz CT molecular complexity index is 518. The first-order valence-electron chi connectivity index (χ1n) is 7.04. The molecule has 1 aromatic rings. The van der Waals surface area contributed by atoms with Crippen molar-refractivity contribution in [2.75, 3.05) is 0 Å². The van der Waals surface area contributed by atoms with Gasteiger partial charge < -0.3 is 4.74 Å². The number of halogens is 2. The fraction of sp³-hybridized carbons (Fsp3) is 0.562. The second-order valence-electron chi connectivity index (χ2n) is 6.16. The molecule has 0 bridgehead atoms. The Labute approximate surface area is 117 Å². The fourth-order valence-corrected chi connectivity index (χ4v) is 4.01. The molecule has 0 saturated heterocycles. The Morgan fingerprint density at radius 1 is 1.10 bits per heavy atom. The second-order valence-corrected chi connectivity index (χ2v) is 6.16. The largest absolute Gasteiger partial charge is 0.435 e. The highest BCUT2D eigenvalue weighted by Crippen LogP contribution is 2.62. The first kappa shape index (κ1) is 13.4. The number of alkyl halides is 2. The van der Waals surface area contributed by atoms with Gasteiger partial charge in [0.15, 0.2) is 0 Å². The van der Waals surface area contributed by atoms with Crippen LogP contribution in [0.15, 0.2) is 24.3 Å². The van der Waals surface area contributed by atoms with Crippen LogP contribution in [0.25, 0.3) is 0 Å². The van der Waals surface area contributed by atoms with Crippen molar-refractivity contribution < 1.29 is 13.5 Å². The van der Waals surface area contributed by atoms with Crippen molar-refractivity contribution in [1.29, 1.82) is 5.26 Å². The lowest BCUT2D eigenvalue weighted by molar-refractivity contribution is -0.0498. The molecule has 0 unspecified atom stereocenters. The lowest BCUT2D eigenvalue weighted by Crippen LogP contribution is -2.47. The smallest absolute Gasteiger partial charge is 0.387 e. The molecule has 0 radical (unpaired) electrons. The van der Waals surface area contributed by atoms with Gasteiger partial charge in [0, 0.05) is 0 Å². The zero-order valence-electron chi connectivity index (χ0n) is 11.2. The molecular weight excluding hydrogens is 260 g/mol. The summed E-state index contributed by atoms with van der Waals surface area (Å²) in [5.41, 5.74) is 0.876. The monoisotopic (exact) mass is 277 g/mol.